The van der Waals surface area contributed by atoms with Crippen LogP contribution in [0, 0.1) is 0 Å². The fraction of sp³-hybridized carbons (Fsp3) is 0.562. The first-order chi connectivity index (χ1) is 9.97. The minimum atomic E-state index is -0.804. The summed E-state index contributed by atoms with van der Waals surface area (Å²) in [6.07, 6.45) is 1.97. The Kier molecular flexibility index (Phi) is 5.48. The van der Waals surface area contributed by atoms with E-state index < -0.39 is 5.97 Å². The summed E-state index contributed by atoms with van der Waals surface area (Å²) in [5.41, 5.74) is 0.896. The van der Waals surface area contributed by atoms with E-state index in [1.807, 2.05) is 29.2 Å². The molecule has 1 saturated heterocycles. The summed E-state index contributed by atoms with van der Waals surface area (Å²) in [4.78, 5) is 15.6. The van der Waals surface area contributed by atoms with Gasteiger partial charge in [-0.1, -0.05) is 17.7 Å². The summed E-state index contributed by atoms with van der Waals surface area (Å²) < 4.78 is 0. The molecular formula is C16H23ClN2O2. The van der Waals surface area contributed by atoms with Crippen LogP contribution in [0.4, 0.5) is 5.69 Å². The van der Waals surface area contributed by atoms with E-state index in [1.165, 1.54) is 0 Å². The van der Waals surface area contributed by atoms with Crippen LogP contribution in [-0.2, 0) is 4.79 Å². The van der Waals surface area contributed by atoms with Crippen molar-refractivity contribution in [2.24, 2.45) is 0 Å². The molecule has 1 aromatic rings. The molecule has 1 aromatic carbocycles. The second-order valence-electron chi connectivity index (χ2n) is 5.86. The second-order valence-corrected chi connectivity index (χ2v) is 6.30. The third-order valence-corrected chi connectivity index (χ3v) is 4.35. The number of piperidine rings is 1. The second kappa shape index (κ2) is 7.14. The maximum atomic E-state index is 11.2. The molecular weight excluding hydrogens is 288 g/mol. The predicted octanol–water partition coefficient (Wildman–Crippen LogP) is 3.10. The number of aliphatic carboxylic acids is 1. The molecule has 0 radical (unpaired) electrons. The lowest BCUT2D eigenvalue weighted by Gasteiger charge is -2.40. The van der Waals surface area contributed by atoms with Crippen molar-refractivity contribution in [3.63, 3.8) is 0 Å². The zero-order valence-corrected chi connectivity index (χ0v) is 13.4. The molecule has 0 bridgehead atoms. The first kappa shape index (κ1) is 16.1. The monoisotopic (exact) mass is 310 g/mol. The average molecular weight is 311 g/mol. The molecule has 0 unspecified atom stereocenters. The number of benzene rings is 1. The van der Waals surface area contributed by atoms with Gasteiger partial charge in [0.25, 0.3) is 0 Å². The van der Waals surface area contributed by atoms with E-state index in [1.54, 1.807) is 0 Å². The van der Waals surface area contributed by atoms with E-state index in [-0.39, 0.29) is 12.6 Å². The van der Waals surface area contributed by atoms with Crippen LogP contribution in [-0.4, -0.2) is 47.7 Å². The molecule has 0 spiro atoms. The highest BCUT2D eigenvalue weighted by Gasteiger charge is 2.27. The van der Waals surface area contributed by atoms with Crippen molar-refractivity contribution in [3.8, 4) is 0 Å². The van der Waals surface area contributed by atoms with Gasteiger partial charge in [-0.25, -0.2) is 0 Å². The van der Waals surface area contributed by atoms with Gasteiger partial charge in [-0.3, -0.25) is 4.79 Å². The third-order valence-electron chi connectivity index (χ3n) is 4.12. The summed E-state index contributed by atoms with van der Waals surface area (Å²) in [7, 11) is 0. The van der Waals surface area contributed by atoms with Crippen LogP contribution in [0.1, 0.15) is 26.7 Å². The van der Waals surface area contributed by atoms with Crippen LogP contribution in [0.3, 0.4) is 0 Å². The summed E-state index contributed by atoms with van der Waals surface area (Å²) in [5, 5.41) is 9.84. The minimum Gasteiger partial charge on any atom is -0.480 e. The summed E-state index contributed by atoms with van der Waals surface area (Å²) >= 11 is 6.05. The Labute approximate surface area is 131 Å². The molecule has 2 rings (SSSR count). The van der Waals surface area contributed by atoms with E-state index in [0.29, 0.717) is 11.1 Å². The number of hydrogen-bond acceptors (Lipinski definition) is 3. The van der Waals surface area contributed by atoms with Gasteiger partial charge in [0.05, 0.1) is 0 Å². The number of halogens is 1. The number of carboxylic acid groups (broad SMARTS) is 1. The molecule has 0 saturated carbocycles. The van der Waals surface area contributed by atoms with Crippen molar-refractivity contribution in [2.75, 3.05) is 24.5 Å². The SMILES string of the molecule is CC(C)N1CCC(N(CC(=O)O)c2cccc(Cl)c2)CC1. The lowest BCUT2D eigenvalue weighted by Crippen LogP contribution is -2.48. The maximum absolute atomic E-state index is 11.2. The summed E-state index contributed by atoms with van der Waals surface area (Å²) in [6, 6.07) is 8.27. The van der Waals surface area contributed by atoms with Crippen molar-refractivity contribution in [1.29, 1.82) is 0 Å². The minimum absolute atomic E-state index is 0.0205. The van der Waals surface area contributed by atoms with E-state index >= 15 is 0 Å². The first-order valence-electron chi connectivity index (χ1n) is 7.45. The van der Waals surface area contributed by atoms with Crippen molar-refractivity contribution in [1.82, 2.24) is 4.90 Å². The molecule has 0 atom stereocenters. The molecule has 21 heavy (non-hydrogen) atoms. The number of rotatable bonds is 5. The van der Waals surface area contributed by atoms with E-state index in [0.717, 1.165) is 31.6 Å². The van der Waals surface area contributed by atoms with E-state index in [9.17, 15) is 9.90 Å². The van der Waals surface area contributed by atoms with Gasteiger partial charge in [-0.05, 0) is 44.9 Å². The smallest absolute Gasteiger partial charge is 0.323 e. The van der Waals surface area contributed by atoms with Gasteiger partial charge in [0.2, 0.25) is 0 Å². The molecule has 0 amide bonds. The molecule has 5 heteroatoms. The van der Waals surface area contributed by atoms with Crippen LogP contribution in [0.2, 0.25) is 5.02 Å². The lowest BCUT2D eigenvalue weighted by molar-refractivity contribution is -0.135. The van der Waals surface area contributed by atoms with Crippen LogP contribution in [0.25, 0.3) is 0 Å². The highest BCUT2D eigenvalue weighted by Crippen LogP contribution is 2.26. The van der Waals surface area contributed by atoms with Crippen molar-refractivity contribution < 1.29 is 9.90 Å². The normalized spacial score (nSPS) is 17.1. The molecule has 1 heterocycles. The molecule has 4 nitrogen and oxygen atoms in total. The van der Waals surface area contributed by atoms with Gasteiger partial charge in [0, 0.05) is 35.9 Å². The Hall–Kier alpha value is -1.26. The van der Waals surface area contributed by atoms with E-state index in [4.69, 9.17) is 11.6 Å². The van der Waals surface area contributed by atoms with Crippen molar-refractivity contribution in [2.45, 2.75) is 38.8 Å². The fourth-order valence-electron chi connectivity index (χ4n) is 2.95. The Morgan fingerprint density at radius 3 is 2.62 bits per heavy atom. The van der Waals surface area contributed by atoms with Crippen molar-refractivity contribution in [3.05, 3.63) is 29.3 Å². The van der Waals surface area contributed by atoms with Gasteiger partial charge in [-0.15, -0.1) is 0 Å². The largest absolute Gasteiger partial charge is 0.480 e. The van der Waals surface area contributed by atoms with Gasteiger partial charge in [0.1, 0.15) is 6.54 Å². The number of nitrogens with zero attached hydrogens (tertiary/aromatic N) is 2. The average Bonchev–Trinajstić information content (AvgIpc) is 2.44. The number of hydrogen-bond donors (Lipinski definition) is 1. The maximum Gasteiger partial charge on any atom is 0.323 e. The van der Waals surface area contributed by atoms with Gasteiger partial charge >= 0.3 is 5.97 Å². The Balaban J connectivity index is 2.12. The lowest BCUT2D eigenvalue weighted by atomic mass is 10.0. The fourth-order valence-corrected chi connectivity index (χ4v) is 3.13. The van der Waals surface area contributed by atoms with Gasteiger partial charge in [0.15, 0.2) is 0 Å². The highest BCUT2D eigenvalue weighted by molar-refractivity contribution is 6.30. The molecule has 1 aliphatic heterocycles. The van der Waals surface area contributed by atoms with Crippen LogP contribution in [0.15, 0.2) is 24.3 Å². The van der Waals surface area contributed by atoms with Gasteiger partial charge in [-0.2, -0.15) is 0 Å². The molecule has 1 fully saturated rings. The standard InChI is InChI=1S/C16H23ClN2O2/c1-12(2)18-8-6-14(7-9-18)19(11-16(20)21)15-5-3-4-13(17)10-15/h3-5,10,12,14H,6-9,11H2,1-2H3,(H,20,21). The third kappa shape index (κ3) is 4.35. The Bertz CT molecular complexity index is 485. The topological polar surface area (TPSA) is 43.8 Å². The number of carbonyl (C=O) groups is 1. The number of likely N-dealkylation sites (tertiary alicyclic amines) is 1. The summed E-state index contributed by atoms with van der Waals surface area (Å²) in [6.45, 7) is 6.45. The first-order valence-corrected chi connectivity index (χ1v) is 7.83. The zero-order valence-electron chi connectivity index (χ0n) is 12.6. The quantitative estimate of drug-likeness (QED) is 0.907. The predicted molar refractivity (Wildman–Crippen MR) is 86.2 cm³/mol. The van der Waals surface area contributed by atoms with Crippen LogP contribution in [0.5, 0.6) is 0 Å². The molecule has 0 aliphatic carbocycles. The molecule has 116 valence electrons. The molecule has 0 aromatic heterocycles. The van der Waals surface area contributed by atoms with Crippen LogP contribution < -0.4 is 4.90 Å². The van der Waals surface area contributed by atoms with E-state index in [2.05, 4.69) is 18.7 Å². The van der Waals surface area contributed by atoms with Crippen molar-refractivity contribution >= 4 is 23.3 Å². The van der Waals surface area contributed by atoms with Gasteiger partial charge < -0.3 is 14.9 Å². The summed E-state index contributed by atoms with van der Waals surface area (Å²) in [5.74, 6) is -0.804. The Morgan fingerprint density at radius 2 is 2.10 bits per heavy atom. The Morgan fingerprint density at radius 1 is 1.43 bits per heavy atom. The van der Waals surface area contributed by atoms with Crippen LogP contribution >= 0.6 is 11.6 Å². The molecule has 1 aliphatic rings. The number of carboxylic acids is 1. The highest BCUT2D eigenvalue weighted by atomic mass is 35.5. The number of anilines is 1. The zero-order chi connectivity index (χ0) is 15.4. The molecule has 1 N–H and O–H groups in total.